The first-order valence-corrected chi connectivity index (χ1v) is 9.15. The van der Waals surface area contributed by atoms with Gasteiger partial charge in [0.25, 0.3) is 0 Å². The van der Waals surface area contributed by atoms with Crippen molar-refractivity contribution >= 4 is 49.2 Å². The molecule has 120 valence electrons. The van der Waals surface area contributed by atoms with Crippen molar-refractivity contribution in [2.75, 3.05) is 0 Å². The van der Waals surface area contributed by atoms with Crippen molar-refractivity contribution in [2.24, 2.45) is 0 Å². The van der Waals surface area contributed by atoms with Gasteiger partial charge in [0.05, 0.1) is 11.0 Å². The predicted octanol–water partition coefficient (Wildman–Crippen LogP) is 7.06. The van der Waals surface area contributed by atoms with E-state index >= 15 is 0 Å². The Morgan fingerprint density at radius 1 is 0.880 bits per heavy atom. The predicted molar refractivity (Wildman–Crippen MR) is 112 cm³/mol. The van der Waals surface area contributed by atoms with Crippen molar-refractivity contribution < 1.29 is 0 Å². The lowest BCUT2D eigenvalue weighted by atomic mass is 9.99. The largest absolute Gasteiger partial charge is 0.308 e. The summed E-state index contributed by atoms with van der Waals surface area (Å²) in [6.07, 6.45) is 1.97. The van der Waals surface area contributed by atoms with E-state index in [0.717, 1.165) is 4.47 Å². The highest BCUT2D eigenvalue weighted by molar-refractivity contribution is 9.10. The van der Waals surface area contributed by atoms with E-state index in [9.17, 15) is 0 Å². The van der Waals surface area contributed by atoms with Crippen LogP contribution >= 0.6 is 15.9 Å². The highest BCUT2D eigenvalue weighted by Gasteiger charge is 2.19. The lowest BCUT2D eigenvalue weighted by Gasteiger charge is -2.05. The topological polar surface area (TPSA) is 4.41 Å². The minimum atomic E-state index is 1.10. The molecule has 5 aromatic rings. The normalized spacial score (nSPS) is 11.8. The summed E-state index contributed by atoms with van der Waals surface area (Å²) in [5.41, 5.74) is 7.52. The minimum Gasteiger partial charge on any atom is -0.308 e. The molecule has 0 saturated carbocycles. The maximum Gasteiger partial charge on any atom is 0.0617 e. The van der Waals surface area contributed by atoms with Crippen LogP contribution in [0.3, 0.4) is 0 Å². The number of halogens is 1. The number of para-hydroxylation sites is 1. The van der Waals surface area contributed by atoms with Crippen molar-refractivity contribution in [3.8, 4) is 11.1 Å². The smallest absolute Gasteiger partial charge is 0.0617 e. The third-order valence-electron chi connectivity index (χ3n) is 5.17. The van der Waals surface area contributed by atoms with Crippen LogP contribution in [-0.4, -0.2) is 4.40 Å². The van der Waals surface area contributed by atoms with Gasteiger partial charge in [0.15, 0.2) is 0 Å². The molecule has 0 saturated heterocycles. The van der Waals surface area contributed by atoms with E-state index in [1.54, 1.807) is 0 Å². The average Bonchev–Trinajstić information content (AvgIpc) is 3.12. The van der Waals surface area contributed by atoms with Crippen LogP contribution in [0.25, 0.3) is 44.4 Å². The average molecular weight is 386 g/mol. The second-order valence-electron chi connectivity index (χ2n) is 6.49. The van der Waals surface area contributed by atoms with Gasteiger partial charge in [-0.25, -0.2) is 0 Å². The summed E-state index contributed by atoms with van der Waals surface area (Å²) in [6.45, 7) is 6.25. The summed E-state index contributed by atoms with van der Waals surface area (Å²) in [4.78, 5) is 0. The van der Waals surface area contributed by atoms with Gasteiger partial charge in [-0.1, -0.05) is 52.8 Å². The molecular formula is C23H16BrN. The lowest BCUT2D eigenvalue weighted by Crippen LogP contribution is -1.84. The third-order valence-corrected chi connectivity index (χ3v) is 5.70. The quantitative estimate of drug-likeness (QED) is 0.306. The molecule has 2 heterocycles. The van der Waals surface area contributed by atoms with E-state index in [2.05, 4.69) is 94.5 Å². The standard InChI is InChI=1S/C23H16BrN/c1-3-21-14(2)19-12-16(15-8-10-17(24)11-9-15)13-20-18-6-4-5-7-22(18)25(21)23(19)20/h3-13H,1H2,2H3. The van der Waals surface area contributed by atoms with E-state index in [1.807, 2.05) is 6.08 Å². The molecule has 2 heteroatoms. The molecule has 0 amide bonds. The molecule has 0 radical (unpaired) electrons. The Balaban J connectivity index is 1.99. The Hall–Kier alpha value is -2.58. The second kappa shape index (κ2) is 5.21. The fourth-order valence-corrected chi connectivity index (χ4v) is 4.26. The highest BCUT2D eigenvalue weighted by atomic mass is 79.9. The molecule has 0 spiro atoms. The van der Waals surface area contributed by atoms with Gasteiger partial charge in [-0.3, -0.25) is 0 Å². The van der Waals surface area contributed by atoms with Crippen LogP contribution in [-0.2, 0) is 0 Å². The molecule has 0 fully saturated rings. The van der Waals surface area contributed by atoms with E-state index < -0.39 is 0 Å². The van der Waals surface area contributed by atoms with E-state index in [-0.39, 0.29) is 0 Å². The molecule has 0 aliphatic carbocycles. The Bertz CT molecular complexity index is 1260. The minimum absolute atomic E-state index is 1.10. The number of aromatic nitrogens is 1. The molecular weight excluding hydrogens is 370 g/mol. The molecule has 0 bridgehead atoms. The first-order valence-electron chi connectivity index (χ1n) is 8.36. The van der Waals surface area contributed by atoms with Crippen LogP contribution in [0.2, 0.25) is 0 Å². The van der Waals surface area contributed by atoms with Crippen molar-refractivity contribution in [3.05, 3.63) is 83.0 Å². The number of fused-ring (bicyclic) bond motifs is 3. The maximum atomic E-state index is 4.06. The van der Waals surface area contributed by atoms with Gasteiger partial charge >= 0.3 is 0 Å². The molecule has 3 aromatic carbocycles. The summed E-state index contributed by atoms with van der Waals surface area (Å²) in [6, 6.07) is 21.8. The van der Waals surface area contributed by atoms with Crippen LogP contribution in [0.5, 0.6) is 0 Å². The van der Waals surface area contributed by atoms with Gasteiger partial charge in [0.2, 0.25) is 0 Å². The Morgan fingerprint density at radius 2 is 1.60 bits per heavy atom. The van der Waals surface area contributed by atoms with Crippen molar-refractivity contribution in [3.63, 3.8) is 0 Å². The molecule has 0 aliphatic heterocycles. The molecule has 0 aliphatic rings. The third kappa shape index (κ3) is 1.95. The van der Waals surface area contributed by atoms with Gasteiger partial charge in [0.1, 0.15) is 0 Å². The first kappa shape index (κ1) is 14.7. The van der Waals surface area contributed by atoms with Crippen molar-refractivity contribution in [2.45, 2.75) is 6.92 Å². The molecule has 0 atom stereocenters. The molecule has 5 rings (SSSR count). The maximum absolute atomic E-state index is 4.06. The molecule has 0 unspecified atom stereocenters. The second-order valence-corrected chi connectivity index (χ2v) is 7.41. The number of aryl methyl sites for hydroxylation is 1. The zero-order valence-corrected chi connectivity index (χ0v) is 15.5. The first-order chi connectivity index (χ1) is 12.2. The van der Waals surface area contributed by atoms with Gasteiger partial charge in [-0.15, -0.1) is 0 Å². The van der Waals surface area contributed by atoms with Gasteiger partial charge in [-0.05, 0) is 60.0 Å². The monoisotopic (exact) mass is 385 g/mol. The van der Waals surface area contributed by atoms with Gasteiger partial charge in [0, 0.05) is 26.3 Å². The van der Waals surface area contributed by atoms with Crippen LogP contribution in [0.15, 0.2) is 71.7 Å². The van der Waals surface area contributed by atoms with E-state index in [0.29, 0.717) is 0 Å². The van der Waals surface area contributed by atoms with E-state index in [4.69, 9.17) is 0 Å². The molecule has 1 nitrogen and oxygen atoms in total. The van der Waals surface area contributed by atoms with Crippen LogP contribution < -0.4 is 0 Å². The van der Waals surface area contributed by atoms with Crippen LogP contribution in [0.4, 0.5) is 0 Å². The van der Waals surface area contributed by atoms with Gasteiger partial charge in [-0.2, -0.15) is 0 Å². The van der Waals surface area contributed by atoms with Crippen LogP contribution in [0.1, 0.15) is 11.3 Å². The summed E-state index contributed by atoms with van der Waals surface area (Å²) in [7, 11) is 0. The fourth-order valence-electron chi connectivity index (χ4n) is 3.99. The highest BCUT2D eigenvalue weighted by Crippen LogP contribution is 2.40. The zero-order valence-electron chi connectivity index (χ0n) is 13.9. The number of hydrogen-bond acceptors (Lipinski definition) is 0. The molecule has 2 aromatic heterocycles. The summed E-state index contributed by atoms with van der Waals surface area (Å²) in [5.74, 6) is 0. The summed E-state index contributed by atoms with van der Waals surface area (Å²) in [5, 5.41) is 3.91. The van der Waals surface area contributed by atoms with E-state index in [1.165, 1.54) is 49.6 Å². The number of benzene rings is 3. The lowest BCUT2D eigenvalue weighted by molar-refractivity contribution is 1.25. The fraction of sp³-hybridized carbons (Fsp3) is 0.0435. The van der Waals surface area contributed by atoms with Gasteiger partial charge < -0.3 is 4.40 Å². The number of nitrogens with zero attached hydrogens (tertiary/aromatic N) is 1. The van der Waals surface area contributed by atoms with Crippen LogP contribution in [0, 0.1) is 6.92 Å². The Labute approximate surface area is 154 Å². The molecule has 0 N–H and O–H groups in total. The Kier molecular flexibility index (Phi) is 3.07. The Morgan fingerprint density at radius 3 is 2.36 bits per heavy atom. The van der Waals surface area contributed by atoms with Crippen molar-refractivity contribution in [1.29, 1.82) is 0 Å². The molecule has 25 heavy (non-hydrogen) atoms. The summed E-state index contributed by atoms with van der Waals surface area (Å²) >= 11 is 3.53. The summed E-state index contributed by atoms with van der Waals surface area (Å²) < 4.78 is 3.46. The SMILES string of the molecule is C=Cc1c(C)c2cc(-c3ccc(Br)cc3)cc3c4ccccc4n1c23. The number of rotatable bonds is 2. The number of hydrogen-bond donors (Lipinski definition) is 0. The van der Waals surface area contributed by atoms with Crippen molar-refractivity contribution in [1.82, 2.24) is 4.40 Å². The zero-order chi connectivity index (χ0) is 17.1.